The Morgan fingerprint density at radius 2 is 1.85 bits per heavy atom. The lowest BCUT2D eigenvalue weighted by molar-refractivity contribution is -0.142. The molecule has 1 aromatic rings. The van der Waals surface area contributed by atoms with E-state index in [0.717, 1.165) is 35.5 Å². The summed E-state index contributed by atoms with van der Waals surface area (Å²) in [7, 11) is -2.34. The van der Waals surface area contributed by atoms with Gasteiger partial charge in [-0.1, -0.05) is 60.1 Å². The lowest BCUT2D eigenvalue weighted by atomic mass is 9.73. The predicted octanol–water partition coefficient (Wildman–Crippen LogP) is 7.87. The van der Waals surface area contributed by atoms with Crippen LogP contribution in [-0.4, -0.2) is 48.3 Å². The average molecular weight is 605 g/mol. The van der Waals surface area contributed by atoms with Gasteiger partial charge in [-0.25, -0.2) is 4.98 Å². The molecule has 232 valence electrons. The van der Waals surface area contributed by atoms with Crippen molar-refractivity contribution in [3.05, 3.63) is 33.3 Å². The molecule has 0 aromatic carbocycles. The number of hydrogen-bond acceptors (Lipinski definition) is 6. The van der Waals surface area contributed by atoms with Gasteiger partial charge in [-0.05, 0) is 82.2 Å². The van der Waals surface area contributed by atoms with E-state index < -0.39 is 31.9 Å². The summed E-state index contributed by atoms with van der Waals surface area (Å²) in [6.45, 7) is 24.6. The number of allylic oxidation sites excluding steroid dienone is 1. The first-order chi connectivity index (χ1) is 18.8. The molecule has 2 rings (SSSR count). The number of ketones is 1. The first-order valence-corrected chi connectivity index (χ1v) is 19.0. The van der Waals surface area contributed by atoms with E-state index in [0.29, 0.717) is 6.42 Å². The summed E-state index contributed by atoms with van der Waals surface area (Å²) < 4.78 is 6.87. The van der Waals surface area contributed by atoms with Gasteiger partial charge in [0.2, 0.25) is 5.91 Å². The minimum absolute atomic E-state index is 0.00647. The molecule has 1 aliphatic rings. The molecule has 0 fully saturated rings. The molecule has 5 atom stereocenters. The summed E-state index contributed by atoms with van der Waals surface area (Å²) in [5.74, 6) is -0.754. The number of amides is 1. The van der Waals surface area contributed by atoms with E-state index >= 15 is 0 Å². The Kier molecular flexibility index (Phi) is 12.4. The quantitative estimate of drug-likeness (QED) is 0.270. The number of aromatic nitrogens is 1. The van der Waals surface area contributed by atoms with Crippen molar-refractivity contribution in [3.63, 3.8) is 0 Å². The van der Waals surface area contributed by atoms with Crippen molar-refractivity contribution in [2.24, 2.45) is 17.3 Å². The maximum atomic E-state index is 14.0. The standard InChI is InChI=1S/C33H56N2O4SSi/c1-21-14-13-15-22(2)30(37)24(4)31(38)33(9,10)28(39-41(11,12)32(6,7)8)19-29(36)35-27(17-16-21)23(3)18-26-20-40-25(5)34-26/h16,18,20,22,24,27-28,30,37H,13-15,17,19H2,1-12H3,(H,35,36)/b21-16-,23-18+/t22-,24+,27-,28-,30-/m0/s1. The van der Waals surface area contributed by atoms with Gasteiger partial charge in [0.15, 0.2) is 8.32 Å². The topological polar surface area (TPSA) is 88.5 Å². The number of carbonyl (C=O) groups excluding carboxylic acids is 2. The molecule has 0 bridgehead atoms. The van der Waals surface area contributed by atoms with E-state index in [1.54, 1.807) is 11.3 Å². The fourth-order valence-corrected chi connectivity index (χ4v) is 7.24. The Balaban J connectivity index is 2.53. The molecule has 1 amide bonds. The van der Waals surface area contributed by atoms with Gasteiger partial charge in [0.25, 0.3) is 0 Å². The highest BCUT2D eigenvalue weighted by atomic mass is 32.1. The number of Topliss-reactive ketones (excluding diaryl/α,β-unsaturated/α-hetero) is 1. The van der Waals surface area contributed by atoms with Crippen LogP contribution in [0.25, 0.3) is 6.08 Å². The Labute approximate surface area is 254 Å². The maximum Gasteiger partial charge on any atom is 0.223 e. The van der Waals surface area contributed by atoms with Crippen molar-refractivity contribution in [3.8, 4) is 0 Å². The summed E-state index contributed by atoms with van der Waals surface area (Å²) in [5, 5.41) is 17.4. The molecule has 0 saturated heterocycles. The molecular formula is C33H56N2O4SSi. The van der Waals surface area contributed by atoms with Crippen LogP contribution in [0.4, 0.5) is 0 Å². The lowest BCUT2D eigenvalue weighted by Crippen LogP contribution is -2.53. The third kappa shape index (κ3) is 9.70. The lowest BCUT2D eigenvalue weighted by Gasteiger charge is -2.44. The maximum absolute atomic E-state index is 14.0. The number of aliphatic hydroxyl groups is 1. The van der Waals surface area contributed by atoms with Crippen molar-refractivity contribution in [2.45, 2.75) is 138 Å². The monoisotopic (exact) mass is 604 g/mol. The number of nitrogens with one attached hydrogen (secondary N) is 1. The van der Waals surface area contributed by atoms with Crippen molar-refractivity contribution in [1.29, 1.82) is 0 Å². The van der Waals surface area contributed by atoms with Crippen molar-refractivity contribution >= 4 is 37.4 Å². The number of aliphatic hydroxyl groups excluding tert-OH is 1. The van der Waals surface area contributed by atoms with Gasteiger partial charge in [0.05, 0.1) is 35.4 Å². The minimum Gasteiger partial charge on any atom is -0.412 e. The summed E-state index contributed by atoms with van der Waals surface area (Å²) in [5.41, 5.74) is 2.24. The van der Waals surface area contributed by atoms with E-state index in [9.17, 15) is 14.7 Å². The van der Waals surface area contributed by atoms with Crippen LogP contribution in [0.15, 0.2) is 22.6 Å². The van der Waals surface area contributed by atoms with Crippen LogP contribution in [0.1, 0.15) is 105 Å². The molecule has 2 heterocycles. The second-order valence-electron chi connectivity index (χ2n) is 14.4. The molecule has 0 radical (unpaired) electrons. The van der Waals surface area contributed by atoms with E-state index in [1.165, 1.54) is 5.57 Å². The van der Waals surface area contributed by atoms with Gasteiger partial charge in [0.1, 0.15) is 5.78 Å². The molecule has 8 heteroatoms. The van der Waals surface area contributed by atoms with Gasteiger partial charge < -0.3 is 14.8 Å². The van der Waals surface area contributed by atoms with Crippen molar-refractivity contribution in [2.75, 3.05) is 0 Å². The highest BCUT2D eigenvalue weighted by Crippen LogP contribution is 2.42. The summed E-state index contributed by atoms with van der Waals surface area (Å²) in [6, 6.07) is -0.195. The van der Waals surface area contributed by atoms with Gasteiger partial charge in [-0.15, -0.1) is 11.3 Å². The van der Waals surface area contributed by atoms with Gasteiger partial charge in [0, 0.05) is 16.7 Å². The van der Waals surface area contributed by atoms with E-state index in [4.69, 9.17) is 4.43 Å². The second-order valence-corrected chi connectivity index (χ2v) is 20.2. The number of hydrogen-bond donors (Lipinski definition) is 2. The van der Waals surface area contributed by atoms with Crippen LogP contribution < -0.4 is 5.32 Å². The van der Waals surface area contributed by atoms with Crippen LogP contribution in [0.3, 0.4) is 0 Å². The van der Waals surface area contributed by atoms with Crippen LogP contribution in [-0.2, 0) is 14.0 Å². The summed E-state index contributed by atoms with van der Waals surface area (Å²) in [6.07, 6.45) is 6.37. The first kappa shape index (κ1) is 35.6. The zero-order valence-electron chi connectivity index (χ0n) is 27.7. The first-order valence-electron chi connectivity index (χ1n) is 15.2. The third-order valence-corrected chi connectivity index (χ3v) is 14.7. The Morgan fingerprint density at radius 1 is 1.22 bits per heavy atom. The molecule has 0 aliphatic carbocycles. The third-order valence-electron chi connectivity index (χ3n) is 9.39. The number of aryl methyl sites for hydroxylation is 1. The van der Waals surface area contributed by atoms with E-state index in [2.05, 4.69) is 63.2 Å². The molecule has 1 aromatic heterocycles. The van der Waals surface area contributed by atoms with E-state index in [-0.39, 0.29) is 35.1 Å². The molecule has 0 saturated carbocycles. The summed E-state index contributed by atoms with van der Waals surface area (Å²) in [4.78, 5) is 32.4. The highest BCUT2D eigenvalue weighted by molar-refractivity contribution is 7.09. The van der Waals surface area contributed by atoms with Gasteiger partial charge >= 0.3 is 0 Å². The number of rotatable bonds is 4. The van der Waals surface area contributed by atoms with Crippen molar-refractivity contribution in [1.82, 2.24) is 10.3 Å². The molecule has 41 heavy (non-hydrogen) atoms. The fourth-order valence-electron chi connectivity index (χ4n) is 5.23. The smallest absolute Gasteiger partial charge is 0.223 e. The Bertz CT molecular complexity index is 1110. The zero-order valence-corrected chi connectivity index (χ0v) is 29.5. The molecule has 2 N–H and O–H groups in total. The second kappa shape index (κ2) is 14.2. The highest BCUT2D eigenvalue weighted by Gasteiger charge is 2.48. The normalized spacial score (nSPS) is 29.5. The average Bonchev–Trinajstić information content (AvgIpc) is 3.27. The van der Waals surface area contributed by atoms with Crippen LogP contribution in [0.5, 0.6) is 0 Å². The molecular weight excluding hydrogens is 549 g/mol. The van der Waals surface area contributed by atoms with Gasteiger partial charge in [-0.3, -0.25) is 9.59 Å². The van der Waals surface area contributed by atoms with Crippen LogP contribution in [0, 0.1) is 24.2 Å². The molecule has 0 spiro atoms. The summed E-state index contributed by atoms with van der Waals surface area (Å²) >= 11 is 1.61. The Hall–Kier alpha value is -1.61. The SMILES string of the molecule is C/C1=C/C[C@@H](/C(C)=C/c2csc(C)n2)NC(=O)C[C@H](O[Si](C)(C)C(C)(C)C)C(C)(C)C(=O)[C@H](C)[C@@H](O)[C@@H](C)CCC1. The largest absolute Gasteiger partial charge is 0.412 e. The van der Waals surface area contributed by atoms with Crippen LogP contribution >= 0.6 is 11.3 Å². The predicted molar refractivity (Wildman–Crippen MR) is 174 cm³/mol. The van der Waals surface area contributed by atoms with Crippen LogP contribution in [0.2, 0.25) is 18.1 Å². The molecule has 1 aliphatic heterocycles. The zero-order chi connectivity index (χ0) is 31.3. The molecule has 6 nitrogen and oxygen atoms in total. The Morgan fingerprint density at radius 3 is 2.41 bits per heavy atom. The van der Waals surface area contributed by atoms with Crippen molar-refractivity contribution < 1.29 is 19.1 Å². The van der Waals surface area contributed by atoms with E-state index in [1.807, 2.05) is 46.9 Å². The number of nitrogens with zero attached hydrogens (tertiary/aromatic N) is 1. The van der Waals surface area contributed by atoms with Gasteiger partial charge in [-0.2, -0.15) is 0 Å². The number of carbonyl (C=O) groups is 2. The molecule has 0 unspecified atom stereocenters. The number of thiazole rings is 1. The minimum atomic E-state index is -2.34. The fraction of sp³-hybridized carbons (Fsp3) is 0.727.